The highest BCUT2D eigenvalue weighted by Crippen LogP contribution is 2.29. The maximum atomic E-state index is 11.9. The van der Waals surface area contributed by atoms with E-state index >= 15 is 0 Å². The van der Waals surface area contributed by atoms with Gasteiger partial charge in [-0.2, -0.15) is 0 Å². The van der Waals surface area contributed by atoms with Crippen LogP contribution >= 0.6 is 12.4 Å². The summed E-state index contributed by atoms with van der Waals surface area (Å²) in [4.78, 5) is 11.9. The first-order valence-electron chi connectivity index (χ1n) is 7.69. The standard InChI is InChI=1S/C15H28N2O2.ClH/c1-15(2)8-4-9-16-13(15)11-17-14(18)7-6-12-5-3-10-19-12;/h12-13,16H,3-11H2,1-2H3,(H,17,18);1H. The molecule has 2 aliphatic heterocycles. The second-order valence-corrected chi connectivity index (χ2v) is 6.58. The van der Waals surface area contributed by atoms with E-state index in [1.807, 2.05) is 0 Å². The number of hydrogen-bond donors (Lipinski definition) is 2. The number of carbonyl (C=O) groups is 1. The molecule has 0 aromatic heterocycles. The highest BCUT2D eigenvalue weighted by atomic mass is 35.5. The van der Waals surface area contributed by atoms with Gasteiger partial charge >= 0.3 is 0 Å². The minimum atomic E-state index is 0. The summed E-state index contributed by atoms with van der Waals surface area (Å²) < 4.78 is 5.54. The first kappa shape index (κ1) is 17.7. The van der Waals surface area contributed by atoms with Crippen LogP contribution in [0.15, 0.2) is 0 Å². The SMILES string of the molecule is CC1(C)CCCNC1CNC(=O)CCC1CCCO1.Cl. The molecule has 0 saturated carbocycles. The summed E-state index contributed by atoms with van der Waals surface area (Å²) in [5.41, 5.74) is 0.278. The van der Waals surface area contributed by atoms with Crippen molar-refractivity contribution in [1.29, 1.82) is 0 Å². The van der Waals surface area contributed by atoms with Crippen molar-refractivity contribution in [3.8, 4) is 0 Å². The van der Waals surface area contributed by atoms with Crippen molar-refractivity contribution in [3.63, 3.8) is 0 Å². The fourth-order valence-electron chi connectivity index (χ4n) is 3.09. The average Bonchev–Trinajstić information content (AvgIpc) is 2.87. The first-order valence-corrected chi connectivity index (χ1v) is 7.69. The van der Waals surface area contributed by atoms with E-state index in [9.17, 15) is 4.79 Å². The Morgan fingerprint density at radius 2 is 2.20 bits per heavy atom. The number of nitrogens with one attached hydrogen (secondary N) is 2. The van der Waals surface area contributed by atoms with E-state index in [1.165, 1.54) is 12.8 Å². The quantitative estimate of drug-likeness (QED) is 0.819. The second-order valence-electron chi connectivity index (χ2n) is 6.58. The van der Waals surface area contributed by atoms with Gasteiger partial charge in [-0.1, -0.05) is 13.8 Å². The van der Waals surface area contributed by atoms with Crippen LogP contribution in [-0.2, 0) is 9.53 Å². The lowest BCUT2D eigenvalue weighted by Gasteiger charge is -2.39. The topological polar surface area (TPSA) is 50.4 Å². The lowest BCUT2D eigenvalue weighted by molar-refractivity contribution is -0.122. The van der Waals surface area contributed by atoms with Gasteiger partial charge in [-0.15, -0.1) is 12.4 Å². The zero-order valence-electron chi connectivity index (χ0n) is 12.7. The molecule has 0 aromatic carbocycles. The second kappa shape index (κ2) is 8.20. The Morgan fingerprint density at radius 1 is 1.40 bits per heavy atom. The molecule has 2 N–H and O–H groups in total. The minimum Gasteiger partial charge on any atom is -0.378 e. The van der Waals surface area contributed by atoms with Gasteiger partial charge in [0.1, 0.15) is 0 Å². The van der Waals surface area contributed by atoms with E-state index < -0.39 is 0 Å². The molecule has 2 unspecified atom stereocenters. The Labute approximate surface area is 128 Å². The van der Waals surface area contributed by atoms with Crippen LogP contribution in [0.1, 0.15) is 52.4 Å². The lowest BCUT2D eigenvalue weighted by Crippen LogP contribution is -2.52. The molecule has 0 aromatic rings. The Kier molecular flexibility index (Phi) is 7.27. The van der Waals surface area contributed by atoms with Crippen LogP contribution in [0, 0.1) is 5.41 Å². The lowest BCUT2D eigenvalue weighted by atomic mass is 9.77. The van der Waals surface area contributed by atoms with Gasteiger partial charge in [-0.05, 0) is 44.1 Å². The molecule has 0 radical (unpaired) electrons. The zero-order valence-corrected chi connectivity index (χ0v) is 13.6. The first-order chi connectivity index (χ1) is 9.08. The summed E-state index contributed by atoms with van der Waals surface area (Å²) in [5, 5.41) is 6.60. The summed E-state index contributed by atoms with van der Waals surface area (Å²) >= 11 is 0. The molecule has 2 atom stereocenters. The third-order valence-electron chi connectivity index (χ3n) is 4.55. The van der Waals surface area contributed by atoms with E-state index in [0.29, 0.717) is 18.6 Å². The van der Waals surface area contributed by atoms with Crippen molar-refractivity contribution in [1.82, 2.24) is 10.6 Å². The Bertz CT molecular complexity index is 304. The number of ether oxygens (including phenoxy) is 1. The third kappa shape index (κ3) is 5.23. The molecule has 2 saturated heterocycles. The Balaban J connectivity index is 0.00000200. The molecule has 1 amide bonds. The molecule has 5 heteroatoms. The van der Waals surface area contributed by atoms with E-state index in [-0.39, 0.29) is 23.7 Å². The number of rotatable bonds is 5. The molecular formula is C15H29ClN2O2. The normalized spacial score (nSPS) is 28.7. The van der Waals surface area contributed by atoms with E-state index in [0.717, 1.165) is 39.0 Å². The molecule has 2 heterocycles. The maximum absolute atomic E-state index is 11.9. The summed E-state index contributed by atoms with van der Waals surface area (Å²) in [6.45, 7) is 7.24. The predicted molar refractivity (Wildman–Crippen MR) is 83.3 cm³/mol. The fraction of sp³-hybridized carbons (Fsp3) is 0.933. The minimum absolute atomic E-state index is 0. The molecule has 20 heavy (non-hydrogen) atoms. The van der Waals surface area contributed by atoms with Crippen LogP contribution in [-0.4, -0.2) is 37.7 Å². The van der Waals surface area contributed by atoms with Crippen LogP contribution in [0.5, 0.6) is 0 Å². The molecular weight excluding hydrogens is 276 g/mol. The fourth-order valence-corrected chi connectivity index (χ4v) is 3.09. The highest BCUT2D eigenvalue weighted by Gasteiger charge is 2.31. The van der Waals surface area contributed by atoms with Crippen molar-refractivity contribution in [3.05, 3.63) is 0 Å². The molecule has 0 aliphatic carbocycles. The van der Waals surface area contributed by atoms with Crippen molar-refractivity contribution < 1.29 is 9.53 Å². The van der Waals surface area contributed by atoms with Crippen molar-refractivity contribution >= 4 is 18.3 Å². The zero-order chi connectivity index (χ0) is 13.7. The number of hydrogen-bond acceptors (Lipinski definition) is 3. The molecule has 2 aliphatic rings. The summed E-state index contributed by atoms with van der Waals surface area (Å²) in [5.74, 6) is 0.165. The van der Waals surface area contributed by atoms with Gasteiger partial charge in [0.15, 0.2) is 0 Å². The molecule has 4 nitrogen and oxygen atoms in total. The van der Waals surface area contributed by atoms with Crippen molar-refractivity contribution in [2.45, 2.75) is 64.5 Å². The van der Waals surface area contributed by atoms with Crippen molar-refractivity contribution in [2.24, 2.45) is 5.41 Å². The van der Waals surface area contributed by atoms with Gasteiger partial charge in [0.05, 0.1) is 6.10 Å². The van der Waals surface area contributed by atoms with Gasteiger partial charge in [-0.25, -0.2) is 0 Å². The third-order valence-corrected chi connectivity index (χ3v) is 4.55. The summed E-state index contributed by atoms with van der Waals surface area (Å²) in [6.07, 6.45) is 6.50. The van der Waals surface area contributed by atoms with Crippen LogP contribution < -0.4 is 10.6 Å². The van der Waals surface area contributed by atoms with Crippen LogP contribution in [0.4, 0.5) is 0 Å². The van der Waals surface area contributed by atoms with Gasteiger partial charge in [-0.3, -0.25) is 4.79 Å². The monoisotopic (exact) mass is 304 g/mol. The largest absolute Gasteiger partial charge is 0.378 e. The smallest absolute Gasteiger partial charge is 0.220 e. The summed E-state index contributed by atoms with van der Waals surface area (Å²) in [6, 6.07) is 0.396. The van der Waals surface area contributed by atoms with Gasteiger partial charge in [0, 0.05) is 25.6 Å². The number of carbonyl (C=O) groups excluding carboxylic acids is 1. The number of halogens is 1. The van der Waals surface area contributed by atoms with E-state index in [2.05, 4.69) is 24.5 Å². The molecule has 2 fully saturated rings. The van der Waals surface area contributed by atoms with Crippen LogP contribution in [0.3, 0.4) is 0 Å². The van der Waals surface area contributed by atoms with Gasteiger partial charge in [0.25, 0.3) is 0 Å². The molecule has 0 spiro atoms. The van der Waals surface area contributed by atoms with E-state index in [1.54, 1.807) is 0 Å². The van der Waals surface area contributed by atoms with Crippen molar-refractivity contribution in [2.75, 3.05) is 19.7 Å². The Hall–Kier alpha value is -0.320. The van der Waals surface area contributed by atoms with E-state index in [4.69, 9.17) is 4.74 Å². The van der Waals surface area contributed by atoms with Gasteiger partial charge < -0.3 is 15.4 Å². The predicted octanol–water partition coefficient (Wildman–Crippen LogP) is 2.26. The Morgan fingerprint density at radius 3 is 2.85 bits per heavy atom. The highest BCUT2D eigenvalue weighted by molar-refractivity contribution is 5.85. The molecule has 118 valence electrons. The summed E-state index contributed by atoms with van der Waals surface area (Å²) in [7, 11) is 0. The average molecular weight is 305 g/mol. The van der Waals surface area contributed by atoms with Gasteiger partial charge in [0.2, 0.25) is 5.91 Å². The van der Waals surface area contributed by atoms with Crippen LogP contribution in [0.2, 0.25) is 0 Å². The van der Waals surface area contributed by atoms with Crippen LogP contribution in [0.25, 0.3) is 0 Å². The maximum Gasteiger partial charge on any atom is 0.220 e. The number of amides is 1. The number of piperidine rings is 1. The molecule has 2 rings (SSSR count). The molecule has 0 bridgehead atoms.